The van der Waals surface area contributed by atoms with Crippen LogP contribution in [0.4, 0.5) is 10.3 Å². The molecule has 31 heavy (non-hydrogen) atoms. The summed E-state index contributed by atoms with van der Waals surface area (Å²) < 4.78 is 27.2. The van der Waals surface area contributed by atoms with Crippen molar-refractivity contribution in [3.8, 4) is 0 Å². The number of aromatic nitrogens is 6. The molecule has 160 valence electrons. The van der Waals surface area contributed by atoms with Gasteiger partial charge in [0.2, 0.25) is 11.8 Å². The summed E-state index contributed by atoms with van der Waals surface area (Å²) in [5.74, 6) is 0.976. The highest BCUT2D eigenvalue weighted by atomic mass is 19.1. The van der Waals surface area contributed by atoms with Crippen molar-refractivity contribution in [2.75, 3.05) is 12.3 Å². The molecule has 1 unspecified atom stereocenters. The number of halogens is 1. The predicted octanol–water partition coefficient (Wildman–Crippen LogP) is 1.60. The van der Waals surface area contributed by atoms with E-state index < -0.39 is 0 Å². The van der Waals surface area contributed by atoms with Crippen LogP contribution in [0.2, 0.25) is 0 Å². The number of ether oxygens (including phenoxy) is 1. The van der Waals surface area contributed by atoms with Gasteiger partial charge in [-0.15, -0.1) is 0 Å². The molecular weight excluding hydrogens is 405 g/mol. The first-order chi connectivity index (χ1) is 15.0. The minimum absolute atomic E-state index is 0.0715. The normalized spacial score (nSPS) is 18.8. The summed E-state index contributed by atoms with van der Waals surface area (Å²) >= 11 is 0. The number of imidazole rings is 1. The number of aryl methyl sites for hydroxylation is 1. The molecule has 2 atom stereocenters. The van der Waals surface area contributed by atoms with Crippen LogP contribution in [0.5, 0.6) is 0 Å². The van der Waals surface area contributed by atoms with Gasteiger partial charge in [0.1, 0.15) is 12.4 Å². The fourth-order valence-electron chi connectivity index (χ4n) is 3.85. The molecule has 0 aliphatic carbocycles. The number of rotatable bonds is 5. The van der Waals surface area contributed by atoms with Crippen LogP contribution >= 0.6 is 0 Å². The van der Waals surface area contributed by atoms with Gasteiger partial charge in [0.15, 0.2) is 17.0 Å². The second-order valence-corrected chi connectivity index (χ2v) is 7.67. The van der Waals surface area contributed by atoms with Crippen LogP contribution in [0.15, 0.2) is 39.9 Å². The molecule has 0 radical (unpaired) electrons. The molecular formula is C20H20FN7O3. The van der Waals surface area contributed by atoms with Gasteiger partial charge in [0.25, 0.3) is 5.56 Å². The first-order valence-electron chi connectivity index (χ1n) is 9.84. The summed E-state index contributed by atoms with van der Waals surface area (Å²) in [5, 5.41) is 4.05. The molecule has 1 aliphatic heterocycles. The molecule has 11 heteroatoms. The van der Waals surface area contributed by atoms with E-state index in [1.165, 1.54) is 27.6 Å². The van der Waals surface area contributed by atoms with Crippen LogP contribution in [-0.4, -0.2) is 35.8 Å². The van der Waals surface area contributed by atoms with E-state index in [2.05, 4.69) is 20.1 Å². The lowest BCUT2D eigenvalue weighted by atomic mass is 9.98. The summed E-state index contributed by atoms with van der Waals surface area (Å²) in [7, 11) is 1.61. The maximum atomic E-state index is 13.1. The van der Waals surface area contributed by atoms with Crippen molar-refractivity contribution in [2.24, 2.45) is 13.0 Å². The second kappa shape index (κ2) is 7.58. The number of nitrogens with zero attached hydrogens (tertiary/aromatic N) is 6. The van der Waals surface area contributed by atoms with Crippen LogP contribution in [0.3, 0.4) is 0 Å². The smallest absolute Gasteiger partial charge is 0.279 e. The summed E-state index contributed by atoms with van der Waals surface area (Å²) in [6.45, 7) is 0.683. The number of hydrogen-bond acceptors (Lipinski definition) is 8. The lowest BCUT2D eigenvalue weighted by Gasteiger charge is -2.09. The quantitative estimate of drug-likeness (QED) is 0.511. The highest BCUT2D eigenvalue weighted by molar-refractivity contribution is 5.73. The molecule has 0 spiro atoms. The molecule has 1 aromatic carbocycles. The largest absolute Gasteiger partial charge is 0.373 e. The predicted molar refractivity (Wildman–Crippen MR) is 107 cm³/mol. The van der Waals surface area contributed by atoms with Gasteiger partial charge >= 0.3 is 0 Å². The Hall–Kier alpha value is -3.60. The van der Waals surface area contributed by atoms with Crippen molar-refractivity contribution in [3.63, 3.8) is 0 Å². The first kappa shape index (κ1) is 19.4. The van der Waals surface area contributed by atoms with Crippen molar-refractivity contribution < 1.29 is 13.7 Å². The number of fused-ring (bicyclic) bond motifs is 1. The molecule has 0 saturated carbocycles. The van der Waals surface area contributed by atoms with Crippen LogP contribution in [0, 0.1) is 11.7 Å². The molecule has 5 rings (SSSR count). The van der Waals surface area contributed by atoms with E-state index in [-0.39, 0.29) is 47.1 Å². The summed E-state index contributed by atoms with van der Waals surface area (Å²) in [6.07, 6.45) is 2.70. The fourth-order valence-corrected chi connectivity index (χ4v) is 3.85. The topological polar surface area (TPSA) is 127 Å². The van der Waals surface area contributed by atoms with Crippen molar-refractivity contribution in [2.45, 2.75) is 25.5 Å². The van der Waals surface area contributed by atoms with Gasteiger partial charge in [-0.05, 0) is 30.0 Å². The SMILES string of the molecule is Cn1cnc2nc(N)n(Cc3nc(CC4CO[C@@H](c5ccc(F)cc5)C4)no3)c2c1=O. The van der Waals surface area contributed by atoms with E-state index in [1.807, 2.05) is 0 Å². The zero-order chi connectivity index (χ0) is 21.5. The van der Waals surface area contributed by atoms with E-state index in [1.54, 1.807) is 19.2 Å². The van der Waals surface area contributed by atoms with Crippen LogP contribution < -0.4 is 11.3 Å². The molecule has 3 aromatic heterocycles. The van der Waals surface area contributed by atoms with Crippen molar-refractivity contribution >= 4 is 17.1 Å². The Morgan fingerprint density at radius 2 is 2.06 bits per heavy atom. The molecule has 0 amide bonds. The summed E-state index contributed by atoms with van der Waals surface area (Å²) in [6, 6.07) is 6.36. The summed E-state index contributed by atoms with van der Waals surface area (Å²) in [4.78, 5) is 25.2. The minimum atomic E-state index is -0.266. The number of hydrogen-bond donors (Lipinski definition) is 1. The van der Waals surface area contributed by atoms with Gasteiger partial charge in [-0.25, -0.2) is 9.37 Å². The van der Waals surface area contributed by atoms with E-state index in [9.17, 15) is 9.18 Å². The Bertz CT molecular complexity index is 1290. The maximum Gasteiger partial charge on any atom is 0.279 e. The van der Waals surface area contributed by atoms with E-state index in [0.29, 0.717) is 24.7 Å². The van der Waals surface area contributed by atoms with Gasteiger partial charge in [-0.3, -0.25) is 9.36 Å². The Morgan fingerprint density at radius 3 is 2.87 bits per heavy atom. The molecule has 1 saturated heterocycles. The lowest BCUT2D eigenvalue weighted by molar-refractivity contribution is 0.107. The molecule has 10 nitrogen and oxygen atoms in total. The van der Waals surface area contributed by atoms with E-state index in [0.717, 1.165) is 12.0 Å². The zero-order valence-electron chi connectivity index (χ0n) is 16.7. The Morgan fingerprint density at radius 1 is 1.26 bits per heavy atom. The standard InChI is InChI=1S/C20H20FN7O3/c1-27-10-23-18-17(19(27)29)28(20(22)25-18)8-16-24-15(26-31-16)7-11-6-14(30-9-11)12-2-4-13(21)5-3-12/h2-5,10-11,14H,6-9H2,1H3,(H2,22,25)/t11?,14-/m1/s1. The average Bonchev–Trinajstić information content (AvgIpc) is 3.47. The van der Waals surface area contributed by atoms with Crippen molar-refractivity contribution in [1.29, 1.82) is 0 Å². The highest BCUT2D eigenvalue weighted by Crippen LogP contribution is 2.33. The molecule has 4 heterocycles. The van der Waals surface area contributed by atoms with E-state index >= 15 is 0 Å². The van der Waals surface area contributed by atoms with Gasteiger partial charge < -0.3 is 19.6 Å². The van der Waals surface area contributed by atoms with Crippen LogP contribution in [0.1, 0.15) is 29.8 Å². The van der Waals surface area contributed by atoms with Crippen molar-refractivity contribution in [3.05, 3.63) is 64.0 Å². The number of nitrogen functional groups attached to an aromatic ring is 1. The number of anilines is 1. The Kier molecular flexibility index (Phi) is 4.74. The minimum Gasteiger partial charge on any atom is -0.373 e. The highest BCUT2D eigenvalue weighted by Gasteiger charge is 2.28. The van der Waals surface area contributed by atoms with E-state index in [4.69, 9.17) is 15.0 Å². The maximum absolute atomic E-state index is 13.1. The third-order valence-corrected chi connectivity index (χ3v) is 5.45. The first-order valence-corrected chi connectivity index (χ1v) is 9.84. The molecule has 1 fully saturated rings. The average molecular weight is 425 g/mol. The molecule has 2 N–H and O–H groups in total. The monoisotopic (exact) mass is 425 g/mol. The molecule has 0 bridgehead atoms. The third-order valence-electron chi connectivity index (χ3n) is 5.45. The Balaban J connectivity index is 1.29. The number of benzene rings is 1. The fraction of sp³-hybridized carbons (Fsp3) is 0.350. The van der Waals surface area contributed by atoms with Gasteiger partial charge in [0, 0.05) is 13.5 Å². The van der Waals surface area contributed by atoms with Crippen molar-refractivity contribution in [1.82, 2.24) is 29.2 Å². The third kappa shape index (κ3) is 3.67. The van der Waals surface area contributed by atoms with Gasteiger partial charge in [-0.2, -0.15) is 9.97 Å². The molecule has 1 aliphatic rings. The van der Waals surface area contributed by atoms with Gasteiger partial charge in [0.05, 0.1) is 19.0 Å². The second-order valence-electron chi connectivity index (χ2n) is 7.67. The Labute approximate surface area is 175 Å². The van der Waals surface area contributed by atoms with Gasteiger partial charge in [-0.1, -0.05) is 17.3 Å². The van der Waals surface area contributed by atoms with Crippen LogP contribution in [-0.2, 0) is 24.8 Å². The zero-order valence-corrected chi connectivity index (χ0v) is 16.7. The summed E-state index contributed by atoms with van der Waals surface area (Å²) in [5.41, 5.74) is 7.23. The molecule has 4 aromatic rings. The number of nitrogens with two attached hydrogens (primary N) is 1. The lowest BCUT2D eigenvalue weighted by Crippen LogP contribution is -2.20. The van der Waals surface area contributed by atoms with Crippen LogP contribution in [0.25, 0.3) is 11.2 Å².